The number of nitrogens with two attached hydrogens (primary N) is 2. The molecule has 0 aromatic heterocycles. The van der Waals surface area contributed by atoms with Gasteiger partial charge >= 0.3 is 0 Å². The van der Waals surface area contributed by atoms with Gasteiger partial charge in [-0.25, -0.2) is 0 Å². The Morgan fingerprint density at radius 1 is 0.917 bits per heavy atom. The Morgan fingerprint density at radius 2 is 1.42 bits per heavy atom. The molecular formula is C10H24N2. The molecule has 0 radical (unpaired) electrons. The zero-order valence-electron chi connectivity index (χ0n) is 8.88. The van der Waals surface area contributed by atoms with Crippen LogP contribution >= 0.6 is 0 Å². The molecule has 2 unspecified atom stereocenters. The average Bonchev–Trinajstić information content (AvgIpc) is 1.84. The Labute approximate surface area is 76.7 Å². The van der Waals surface area contributed by atoms with E-state index >= 15 is 0 Å². The van der Waals surface area contributed by atoms with E-state index in [1.807, 2.05) is 0 Å². The molecule has 0 aliphatic heterocycles. The van der Waals surface area contributed by atoms with E-state index in [9.17, 15) is 0 Å². The fraction of sp³-hybridized carbons (Fsp3) is 1.00. The van der Waals surface area contributed by atoms with Gasteiger partial charge in [0, 0.05) is 0 Å². The molecule has 0 aliphatic rings. The fourth-order valence-corrected chi connectivity index (χ4v) is 1.69. The van der Waals surface area contributed by atoms with Crippen LogP contribution in [-0.4, -0.2) is 6.17 Å². The van der Waals surface area contributed by atoms with Crippen LogP contribution in [0.1, 0.15) is 40.5 Å². The summed E-state index contributed by atoms with van der Waals surface area (Å²) < 4.78 is 0. The van der Waals surface area contributed by atoms with Gasteiger partial charge in [-0.1, -0.05) is 27.7 Å². The molecule has 0 bridgehead atoms. The summed E-state index contributed by atoms with van der Waals surface area (Å²) in [6, 6.07) is 0. The first kappa shape index (κ1) is 11.9. The van der Waals surface area contributed by atoms with Crippen LogP contribution in [0.4, 0.5) is 0 Å². The molecule has 0 rings (SSSR count). The standard InChI is InChI=1S/C10H24N2/c1-7(2)5-8(3)6-9(4)10(11)12/h7-10H,5-6,11-12H2,1-4H3. The van der Waals surface area contributed by atoms with E-state index in [0.717, 1.165) is 18.3 Å². The van der Waals surface area contributed by atoms with Gasteiger partial charge in [-0.15, -0.1) is 0 Å². The lowest BCUT2D eigenvalue weighted by atomic mass is 9.89. The minimum Gasteiger partial charge on any atom is -0.316 e. The first-order chi connectivity index (χ1) is 5.43. The van der Waals surface area contributed by atoms with Crippen molar-refractivity contribution in [2.45, 2.75) is 46.7 Å². The van der Waals surface area contributed by atoms with Crippen LogP contribution in [0.3, 0.4) is 0 Å². The third-order valence-corrected chi connectivity index (χ3v) is 2.30. The Balaban J connectivity index is 3.61. The van der Waals surface area contributed by atoms with Crippen LogP contribution in [0.25, 0.3) is 0 Å². The van der Waals surface area contributed by atoms with Crippen molar-refractivity contribution in [1.82, 2.24) is 0 Å². The molecule has 4 N–H and O–H groups in total. The molecule has 12 heavy (non-hydrogen) atoms. The Hall–Kier alpha value is -0.0800. The van der Waals surface area contributed by atoms with Crippen LogP contribution in [0, 0.1) is 17.8 Å². The molecule has 2 atom stereocenters. The molecule has 0 amide bonds. The van der Waals surface area contributed by atoms with Gasteiger partial charge in [-0.05, 0) is 30.6 Å². The third kappa shape index (κ3) is 5.56. The van der Waals surface area contributed by atoms with Crippen molar-refractivity contribution in [3.63, 3.8) is 0 Å². The van der Waals surface area contributed by atoms with Crippen molar-refractivity contribution in [2.75, 3.05) is 0 Å². The summed E-state index contributed by atoms with van der Waals surface area (Å²) in [7, 11) is 0. The second-order valence-electron chi connectivity index (χ2n) is 4.53. The smallest absolute Gasteiger partial charge is 0.0547 e. The lowest BCUT2D eigenvalue weighted by Gasteiger charge is -2.21. The molecule has 0 fully saturated rings. The monoisotopic (exact) mass is 172 g/mol. The molecule has 0 aliphatic carbocycles. The highest BCUT2D eigenvalue weighted by Crippen LogP contribution is 2.19. The van der Waals surface area contributed by atoms with Crippen molar-refractivity contribution in [1.29, 1.82) is 0 Å². The van der Waals surface area contributed by atoms with E-state index < -0.39 is 0 Å². The van der Waals surface area contributed by atoms with E-state index in [1.54, 1.807) is 0 Å². The maximum atomic E-state index is 5.59. The van der Waals surface area contributed by atoms with E-state index in [2.05, 4.69) is 27.7 Å². The van der Waals surface area contributed by atoms with Crippen molar-refractivity contribution in [2.24, 2.45) is 29.2 Å². The first-order valence-electron chi connectivity index (χ1n) is 4.94. The van der Waals surface area contributed by atoms with Crippen LogP contribution in [0.5, 0.6) is 0 Å². The van der Waals surface area contributed by atoms with Gasteiger partial charge in [0.1, 0.15) is 0 Å². The normalized spacial score (nSPS) is 17.0. The molecule has 2 heteroatoms. The molecule has 0 aromatic carbocycles. The van der Waals surface area contributed by atoms with Gasteiger partial charge in [0.15, 0.2) is 0 Å². The second kappa shape index (κ2) is 5.55. The van der Waals surface area contributed by atoms with Crippen LogP contribution in [0.15, 0.2) is 0 Å². The zero-order chi connectivity index (χ0) is 9.72. The summed E-state index contributed by atoms with van der Waals surface area (Å²) in [5.41, 5.74) is 11.2. The highest BCUT2D eigenvalue weighted by atomic mass is 14.9. The number of hydrogen-bond acceptors (Lipinski definition) is 2. The highest BCUT2D eigenvalue weighted by Gasteiger charge is 2.13. The summed E-state index contributed by atoms with van der Waals surface area (Å²) in [6.45, 7) is 8.91. The predicted molar refractivity (Wildman–Crippen MR) is 54.6 cm³/mol. The highest BCUT2D eigenvalue weighted by molar-refractivity contribution is 4.66. The largest absolute Gasteiger partial charge is 0.316 e. The van der Waals surface area contributed by atoms with Crippen molar-refractivity contribution < 1.29 is 0 Å². The zero-order valence-corrected chi connectivity index (χ0v) is 8.88. The summed E-state index contributed by atoms with van der Waals surface area (Å²) in [5.74, 6) is 1.97. The molecule has 0 aromatic rings. The predicted octanol–water partition coefficient (Wildman–Crippen LogP) is 1.94. The Morgan fingerprint density at radius 3 is 1.75 bits per heavy atom. The maximum absolute atomic E-state index is 5.59. The van der Waals surface area contributed by atoms with Crippen molar-refractivity contribution in [3.8, 4) is 0 Å². The van der Waals surface area contributed by atoms with Crippen molar-refractivity contribution >= 4 is 0 Å². The average molecular weight is 172 g/mol. The van der Waals surface area contributed by atoms with Crippen LogP contribution < -0.4 is 11.5 Å². The maximum Gasteiger partial charge on any atom is 0.0547 e. The van der Waals surface area contributed by atoms with Crippen molar-refractivity contribution in [3.05, 3.63) is 0 Å². The van der Waals surface area contributed by atoms with E-state index in [1.165, 1.54) is 6.42 Å². The molecular weight excluding hydrogens is 148 g/mol. The Kier molecular flexibility index (Phi) is 5.51. The number of rotatable bonds is 5. The molecule has 74 valence electrons. The summed E-state index contributed by atoms with van der Waals surface area (Å²) in [4.78, 5) is 0. The van der Waals surface area contributed by atoms with Gasteiger partial charge < -0.3 is 11.5 Å². The third-order valence-electron chi connectivity index (χ3n) is 2.30. The quantitative estimate of drug-likeness (QED) is 0.623. The summed E-state index contributed by atoms with van der Waals surface area (Å²) in [6.07, 6.45) is 2.27. The van der Waals surface area contributed by atoms with Crippen LogP contribution in [0.2, 0.25) is 0 Å². The SMILES string of the molecule is CC(C)CC(C)CC(C)C(N)N. The molecule has 0 heterocycles. The molecule has 0 spiro atoms. The molecule has 0 saturated carbocycles. The molecule has 2 nitrogen and oxygen atoms in total. The minimum absolute atomic E-state index is 0.153. The first-order valence-corrected chi connectivity index (χ1v) is 4.94. The number of hydrogen-bond donors (Lipinski definition) is 2. The van der Waals surface area contributed by atoms with E-state index in [0.29, 0.717) is 5.92 Å². The van der Waals surface area contributed by atoms with Gasteiger partial charge in [-0.3, -0.25) is 0 Å². The molecule has 0 saturated heterocycles. The van der Waals surface area contributed by atoms with Crippen LogP contribution in [-0.2, 0) is 0 Å². The van der Waals surface area contributed by atoms with Gasteiger partial charge in [0.25, 0.3) is 0 Å². The summed E-state index contributed by atoms with van der Waals surface area (Å²) in [5, 5.41) is 0. The van der Waals surface area contributed by atoms with Gasteiger partial charge in [0.2, 0.25) is 0 Å². The second-order valence-corrected chi connectivity index (χ2v) is 4.53. The fourth-order valence-electron chi connectivity index (χ4n) is 1.69. The lowest BCUT2D eigenvalue weighted by Crippen LogP contribution is -2.38. The summed E-state index contributed by atoms with van der Waals surface area (Å²) >= 11 is 0. The van der Waals surface area contributed by atoms with Gasteiger partial charge in [-0.2, -0.15) is 0 Å². The Bertz CT molecular complexity index is 110. The van der Waals surface area contributed by atoms with E-state index in [4.69, 9.17) is 11.5 Å². The lowest BCUT2D eigenvalue weighted by molar-refractivity contribution is 0.323. The minimum atomic E-state index is -0.153. The topological polar surface area (TPSA) is 52.0 Å². The van der Waals surface area contributed by atoms with Gasteiger partial charge in [0.05, 0.1) is 6.17 Å². The van der Waals surface area contributed by atoms with E-state index in [-0.39, 0.29) is 6.17 Å².